The number of hydrogen-bond acceptors (Lipinski definition) is 4. The van der Waals surface area contributed by atoms with Crippen molar-refractivity contribution in [1.29, 1.82) is 0 Å². The Morgan fingerprint density at radius 1 is 1.11 bits per heavy atom. The summed E-state index contributed by atoms with van der Waals surface area (Å²) < 4.78 is 6.36. The maximum absolute atomic E-state index is 12.1. The minimum atomic E-state index is -0.919. The molecular weight excluding hydrogens is 359 g/mol. The van der Waals surface area contributed by atoms with Gasteiger partial charge in [0.05, 0.1) is 13.0 Å². The van der Waals surface area contributed by atoms with E-state index in [4.69, 9.17) is 0 Å². The second-order valence-electron chi connectivity index (χ2n) is 4.41. The van der Waals surface area contributed by atoms with Crippen LogP contribution in [-0.2, 0) is 19.1 Å². The maximum Gasteiger partial charge on any atom is 0.315 e. The van der Waals surface area contributed by atoms with Crippen molar-refractivity contribution in [3.05, 3.63) is 21.3 Å². The molecule has 0 heterocycles. The largest absolute Gasteiger partial charge is 0.468 e. The highest BCUT2D eigenvalue weighted by Crippen LogP contribution is 2.15. The van der Waals surface area contributed by atoms with Gasteiger partial charge in [-0.1, -0.05) is 28.7 Å². The van der Waals surface area contributed by atoms with Crippen molar-refractivity contribution in [2.45, 2.75) is 27.7 Å². The Bertz CT molecular complexity index is 435. The van der Waals surface area contributed by atoms with Crippen LogP contribution in [0.1, 0.15) is 27.7 Å². The molecule has 0 aliphatic rings. The summed E-state index contributed by atoms with van der Waals surface area (Å²) in [4.78, 5) is 35.4. The molecule has 0 aliphatic heterocycles. The van der Waals surface area contributed by atoms with Crippen LogP contribution < -0.4 is 0 Å². The van der Waals surface area contributed by atoms with Gasteiger partial charge in [-0.15, -0.1) is 0 Å². The molecule has 0 aromatic carbocycles. The van der Waals surface area contributed by atoms with Crippen molar-refractivity contribution < 1.29 is 19.1 Å². The highest BCUT2D eigenvalue weighted by molar-refractivity contribution is 14.1. The molecule has 0 bridgehead atoms. The summed E-state index contributed by atoms with van der Waals surface area (Å²) in [5.41, 5.74) is 1.44. The monoisotopic (exact) mass is 378 g/mol. The lowest BCUT2D eigenvalue weighted by Gasteiger charge is -2.14. The number of hydrogen-bond donors (Lipinski definition) is 0. The summed E-state index contributed by atoms with van der Waals surface area (Å²) in [6, 6.07) is 0. The fraction of sp³-hybridized carbons (Fsp3) is 0.500. The Kier molecular flexibility index (Phi) is 7.82. The molecule has 0 spiro atoms. The predicted octanol–water partition coefficient (Wildman–Crippen LogP) is 2.85. The average Bonchev–Trinajstić information content (AvgIpc) is 2.42. The first-order valence-corrected chi connectivity index (χ1v) is 7.11. The van der Waals surface area contributed by atoms with Gasteiger partial charge in [-0.2, -0.15) is 0 Å². The van der Waals surface area contributed by atoms with E-state index in [0.717, 1.165) is 5.57 Å². The summed E-state index contributed by atoms with van der Waals surface area (Å²) >= 11 is 2.08. The molecule has 0 saturated heterocycles. The first kappa shape index (κ1) is 18.0. The highest BCUT2D eigenvalue weighted by Gasteiger charge is 2.31. The molecule has 0 N–H and O–H groups in total. The lowest BCUT2D eigenvalue weighted by Crippen LogP contribution is -2.31. The molecule has 0 amide bonds. The number of carbonyl (C=O) groups excluding carboxylic acids is 3. The summed E-state index contributed by atoms with van der Waals surface area (Å²) in [7, 11) is 1.22. The third-order valence-electron chi connectivity index (χ3n) is 2.81. The van der Waals surface area contributed by atoms with Gasteiger partial charge in [-0.3, -0.25) is 14.4 Å². The molecule has 5 heteroatoms. The van der Waals surface area contributed by atoms with Gasteiger partial charge >= 0.3 is 5.97 Å². The van der Waals surface area contributed by atoms with Crippen molar-refractivity contribution >= 4 is 40.1 Å². The smallest absolute Gasteiger partial charge is 0.315 e. The summed E-state index contributed by atoms with van der Waals surface area (Å²) in [6.45, 7) is 6.50. The highest BCUT2D eigenvalue weighted by atomic mass is 127. The first-order valence-electron chi connectivity index (χ1n) is 5.87. The van der Waals surface area contributed by atoms with E-state index in [1.165, 1.54) is 21.0 Å². The Balaban J connectivity index is 4.97. The normalized spacial score (nSPS) is 15.7. The van der Waals surface area contributed by atoms with Crippen LogP contribution in [0.25, 0.3) is 0 Å². The van der Waals surface area contributed by atoms with Crippen LogP contribution in [-0.4, -0.2) is 24.6 Å². The number of rotatable bonds is 6. The van der Waals surface area contributed by atoms with Gasteiger partial charge in [0.25, 0.3) is 0 Å². The van der Waals surface area contributed by atoms with Crippen molar-refractivity contribution in [2.24, 2.45) is 11.8 Å². The molecular formula is C14H19IO4. The van der Waals surface area contributed by atoms with Crippen molar-refractivity contribution in [2.75, 3.05) is 7.11 Å². The molecule has 0 radical (unpaired) electrons. The van der Waals surface area contributed by atoms with Crippen LogP contribution in [0.2, 0.25) is 0 Å². The SMILES string of the molecule is COC(=O)C(C)C(=O)C(C)C(=O)/C(C)=C/C(C)=C/I. The lowest BCUT2D eigenvalue weighted by atomic mass is 9.89. The van der Waals surface area contributed by atoms with Crippen LogP contribution >= 0.6 is 22.6 Å². The van der Waals surface area contributed by atoms with E-state index in [0.29, 0.717) is 5.57 Å². The van der Waals surface area contributed by atoms with Crippen LogP contribution in [0.5, 0.6) is 0 Å². The third kappa shape index (κ3) is 5.26. The Morgan fingerprint density at radius 2 is 1.63 bits per heavy atom. The molecule has 2 atom stereocenters. The molecule has 0 rings (SSSR count). The Labute approximate surface area is 127 Å². The number of carbonyl (C=O) groups is 3. The molecule has 2 unspecified atom stereocenters. The number of methoxy groups -OCH3 is 1. The van der Waals surface area contributed by atoms with Crippen molar-refractivity contribution in [3.8, 4) is 0 Å². The fourth-order valence-electron chi connectivity index (χ4n) is 1.58. The second-order valence-corrected chi connectivity index (χ2v) is 5.04. The minimum absolute atomic E-state index is 0.265. The van der Waals surface area contributed by atoms with E-state index < -0.39 is 23.6 Å². The molecule has 0 aromatic heterocycles. The molecule has 0 aromatic rings. The van der Waals surface area contributed by atoms with Gasteiger partial charge < -0.3 is 4.74 Å². The van der Waals surface area contributed by atoms with Gasteiger partial charge in [0.1, 0.15) is 5.92 Å². The van der Waals surface area contributed by atoms with Gasteiger partial charge in [-0.05, 0) is 42.9 Å². The summed E-state index contributed by atoms with van der Waals surface area (Å²) in [5.74, 6) is -3.06. The summed E-state index contributed by atoms with van der Waals surface area (Å²) in [6.07, 6.45) is 1.72. The molecule has 106 valence electrons. The number of ketones is 2. The number of esters is 1. The zero-order valence-electron chi connectivity index (χ0n) is 11.8. The molecule has 19 heavy (non-hydrogen) atoms. The van der Waals surface area contributed by atoms with Gasteiger partial charge in [-0.25, -0.2) is 0 Å². The average molecular weight is 378 g/mol. The molecule has 4 nitrogen and oxygen atoms in total. The van der Waals surface area contributed by atoms with Crippen LogP contribution in [0.4, 0.5) is 0 Å². The molecule has 0 saturated carbocycles. The number of Topliss-reactive ketones (excluding diaryl/α,β-unsaturated/α-hetero) is 2. The Hall–Kier alpha value is -0.980. The van der Waals surface area contributed by atoms with Crippen molar-refractivity contribution in [1.82, 2.24) is 0 Å². The molecule has 0 fully saturated rings. The van der Waals surface area contributed by atoms with Crippen molar-refractivity contribution in [3.63, 3.8) is 0 Å². The quantitative estimate of drug-likeness (QED) is 0.235. The van der Waals surface area contributed by atoms with Gasteiger partial charge in [0.2, 0.25) is 0 Å². The number of halogens is 1. The van der Waals surface area contributed by atoms with Crippen LogP contribution in [0, 0.1) is 11.8 Å². The predicted molar refractivity (Wildman–Crippen MR) is 81.9 cm³/mol. The van der Waals surface area contributed by atoms with E-state index in [2.05, 4.69) is 27.3 Å². The van der Waals surface area contributed by atoms with Gasteiger partial charge in [0, 0.05) is 0 Å². The molecule has 0 aliphatic carbocycles. The van der Waals surface area contributed by atoms with E-state index in [1.807, 2.05) is 11.0 Å². The number of allylic oxidation sites excluding steroid dienone is 3. The topological polar surface area (TPSA) is 60.4 Å². The Morgan fingerprint density at radius 3 is 2.05 bits per heavy atom. The second kappa shape index (κ2) is 8.24. The minimum Gasteiger partial charge on any atom is -0.468 e. The van der Waals surface area contributed by atoms with E-state index in [1.54, 1.807) is 13.0 Å². The lowest BCUT2D eigenvalue weighted by molar-refractivity contribution is -0.150. The van der Waals surface area contributed by atoms with Gasteiger partial charge in [0.15, 0.2) is 11.6 Å². The van der Waals surface area contributed by atoms with Crippen LogP contribution in [0.3, 0.4) is 0 Å². The summed E-state index contributed by atoms with van der Waals surface area (Å²) in [5, 5.41) is 0. The number of ether oxygens (including phenoxy) is 1. The third-order valence-corrected chi connectivity index (χ3v) is 3.79. The fourth-order valence-corrected chi connectivity index (χ4v) is 1.76. The maximum atomic E-state index is 12.1. The van der Waals surface area contributed by atoms with Crippen LogP contribution in [0.15, 0.2) is 21.3 Å². The van der Waals surface area contributed by atoms with E-state index >= 15 is 0 Å². The first-order chi connectivity index (χ1) is 8.76. The zero-order chi connectivity index (χ0) is 15.2. The van der Waals surface area contributed by atoms with E-state index in [9.17, 15) is 14.4 Å². The zero-order valence-corrected chi connectivity index (χ0v) is 14.0. The standard InChI is InChI=1S/C14H19IO4/c1-8(7-15)6-9(2)12(16)10(3)13(17)11(4)14(18)19-5/h6-7,10-11H,1-5H3/b8-7+,9-6+. The van der Waals surface area contributed by atoms with E-state index in [-0.39, 0.29) is 5.78 Å².